The van der Waals surface area contributed by atoms with E-state index in [4.69, 9.17) is 9.84 Å². The molecule has 2 aromatic carbocycles. The maximum atomic E-state index is 12.7. The van der Waals surface area contributed by atoms with Gasteiger partial charge in [0, 0.05) is 24.9 Å². The van der Waals surface area contributed by atoms with E-state index in [0.717, 1.165) is 22.3 Å². The molecule has 0 bridgehead atoms. The molecule has 0 aliphatic heterocycles. The number of alkyl carbamates (subject to hydrolysis) is 1. The van der Waals surface area contributed by atoms with Crippen molar-refractivity contribution in [2.24, 2.45) is 17.8 Å². The third-order valence-corrected chi connectivity index (χ3v) is 6.29. The summed E-state index contributed by atoms with van der Waals surface area (Å²) in [4.78, 5) is 35.0. The summed E-state index contributed by atoms with van der Waals surface area (Å²) in [6.45, 7) is -0.750. The molecule has 2 amide bonds. The molecule has 0 heterocycles. The number of carboxylic acids is 1. The number of hydrogen-bond acceptors (Lipinski definition) is 4. The zero-order valence-corrected chi connectivity index (χ0v) is 18.0. The van der Waals surface area contributed by atoms with Crippen molar-refractivity contribution in [2.75, 3.05) is 19.7 Å². The Morgan fingerprint density at radius 3 is 2.15 bits per heavy atom. The Bertz CT molecular complexity index is 1060. The van der Waals surface area contributed by atoms with E-state index in [1.54, 1.807) is 0 Å². The predicted molar refractivity (Wildman–Crippen MR) is 115 cm³/mol. The molecule has 2 aliphatic rings. The van der Waals surface area contributed by atoms with Crippen LogP contribution in [0, 0.1) is 17.8 Å². The first-order chi connectivity index (χ1) is 16.2. The van der Waals surface area contributed by atoms with Gasteiger partial charge in [0.15, 0.2) is 5.92 Å². The van der Waals surface area contributed by atoms with Gasteiger partial charge >= 0.3 is 18.2 Å². The van der Waals surface area contributed by atoms with Crippen molar-refractivity contribution in [1.29, 1.82) is 0 Å². The Morgan fingerprint density at radius 1 is 1.00 bits per heavy atom. The van der Waals surface area contributed by atoms with E-state index in [1.807, 2.05) is 53.8 Å². The molecule has 2 aliphatic carbocycles. The van der Waals surface area contributed by atoms with Gasteiger partial charge in [0.1, 0.15) is 6.61 Å². The highest BCUT2D eigenvalue weighted by atomic mass is 19.4. The SMILES string of the molecule is O=C(NCC1CC1C(=O)NCC(C(=O)O)C(F)(F)F)OCC1c2ccccc2-c2ccccc21. The first-order valence-corrected chi connectivity index (χ1v) is 10.8. The third kappa shape index (κ3) is 5.00. The molecular formula is C24H23F3N2O5. The lowest BCUT2D eigenvalue weighted by atomic mass is 9.98. The van der Waals surface area contributed by atoms with Crippen molar-refractivity contribution in [2.45, 2.75) is 18.5 Å². The van der Waals surface area contributed by atoms with Gasteiger partial charge in [-0.2, -0.15) is 13.2 Å². The van der Waals surface area contributed by atoms with E-state index in [2.05, 4.69) is 5.32 Å². The molecule has 180 valence electrons. The van der Waals surface area contributed by atoms with E-state index in [1.165, 1.54) is 0 Å². The van der Waals surface area contributed by atoms with E-state index in [9.17, 15) is 27.6 Å². The third-order valence-electron chi connectivity index (χ3n) is 6.29. The van der Waals surface area contributed by atoms with Crippen LogP contribution >= 0.6 is 0 Å². The highest BCUT2D eigenvalue weighted by molar-refractivity contribution is 5.82. The summed E-state index contributed by atoms with van der Waals surface area (Å²) >= 11 is 0. The number of fused-ring (bicyclic) bond motifs is 3. The summed E-state index contributed by atoms with van der Waals surface area (Å²) in [6.07, 6.45) is -5.21. The standard InChI is InChI=1S/C24H23F3N2O5/c25-24(26,27)20(22(31)32)11-28-21(30)18-9-13(18)10-29-23(33)34-12-19-16-7-3-1-5-14(16)15-6-2-4-8-17(15)19/h1-8,13,18-20H,9-12H2,(H,28,30)(H,29,33)(H,31,32). The number of carboxylic acid groups (broad SMARTS) is 1. The fourth-order valence-electron chi connectivity index (χ4n) is 4.33. The van der Waals surface area contributed by atoms with Crippen LogP contribution in [0.4, 0.5) is 18.0 Å². The minimum Gasteiger partial charge on any atom is -0.481 e. The van der Waals surface area contributed by atoms with Crippen LogP contribution in [0.25, 0.3) is 11.1 Å². The first kappa shape index (κ1) is 23.6. The zero-order valence-electron chi connectivity index (χ0n) is 18.0. The topological polar surface area (TPSA) is 105 Å². The van der Waals surface area contributed by atoms with E-state index >= 15 is 0 Å². The highest BCUT2D eigenvalue weighted by Crippen LogP contribution is 2.44. The fourth-order valence-corrected chi connectivity index (χ4v) is 4.33. The lowest BCUT2D eigenvalue weighted by Gasteiger charge is -2.16. The average molecular weight is 476 g/mol. The fraction of sp³-hybridized carbons (Fsp3) is 0.375. The number of halogens is 3. The van der Waals surface area contributed by atoms with E-state index in [0.29, 0.717) is 6.42 Å². The molecule has 0 saturated heterocycles. The van der Waals surface area contributed by atoms with Gasteiger partial charge in [0.2, 0.25) is 5.91 Å². The van der Waals surface area contributed by atoms with Crippen molar-refractivity contribution in [3.05, 3.63) is 59.7 Å². The van der Waals surface area contributed by atoms with Crippen LogP contribution in [0.3, 0.4) is 0 Å². The van der Waals surface area contributed by atoms with Crippen LogP contribution in [-0.2, 0) is 14.3 Å². The molecule has 0 aromatic heterocycles. The summed E-state index contributed by atoms with van der Waals surface area (Å²) in [5.74, 6) is -6.26. The number of hydrogen-bond donors (Lipinski definition) is 3. The molecule has 0 radical (unpaired) electrons. The normalized spacial score (nSPS) is 19.5. The van der Waals surface area contributed by atoms with E-state index in [-0.39, 0.29) is 25.0 Å². The Balaban J connectivity index is 1.22. The number of nitrogens with one attached hydrogen (secondary N) is 2. The first-order valence-electron chi connectivity index (χ1n) is 10.8. The summed E-state index contributed by atoms with van der Waals surface area (Å²) in [7, 11) is 0. The molecule has 3 atom stereocenters. The molecule has 3 unspecified atom stereocenters. The summed E-state index contributed by atoms with van der Waals surface area (Å²) < 4.78 is 43.5. The number of benzene rings is 2. The molecule has 2 aromatic rings. The predicted octanol–water partition coefficient (Wildman–Crippen LogP) is 3.54. The molecule has 34 heavy (non-hydrogen) atoms. The molecular weight excluding hydrogens is 453 g/mol. The Kier molecular flexibility index (Phi) is 6.49. The number of ether oxygens (including phenoxy) is 1. The van der Waals surface area contributed by atoms with Gasteiger partial charge in [-0.25, -0.2) is 4.79 Å². The molecule has 1 saturated carbocycles. The number of aliphatic carboxylic acids is 1. The summed E-state index contributed by atoms with van der Waals surface area (Å²) in [5, 5.41) is 13.3. The Labute approximate surface area is 193 Å². The monoisotopic (exact) mass is 476 g/mol. The molecule has 0 spiro atoms. The van der Waals surface area contributed by atoms with Crippen LogP contribution in [-0.4, -0.2) is 48.9 Å². The highest BCUT2D eigenvalue weighted by Gasteiger charge is 2.47. The number of amides is 2. The molecule has 3 N–H and O–H groups in total. The number of rotatable bonds is 8. The van der Waals surface area contributed by atoms with Crippen LogP contribution in [0.15, 0.2) is 48.5 Å². The Morgan fingerprint density at radius 2 is 1.59 bits per heavy atom. The van der Waals surface area contributed by atoms with Gasteiger partial charge in [0.25, 0.3) is 0 Å². The lowest BCUT2D eigenvalue weighted by Crippen LogP contribution is -2.41. The van der Waals surface area contributed by atoms with Crippen molar-refractivity contribution < 1.29 is 37.4 Å². The summed E-state index contributed by atoms with van der Waals surface area (Å²) in [5.41, 5.74) is 4.37. The number of carbonyl (C=O) groups is 3. The average Bonchev–Trinajstić information content (AvgIpc) is 3.50. The lowest BCUT2D eigenvalue weighted by molar-refractivity contribution is -0.192. The molecule has 4 rings (SSSR count). The minimum atomic E-state index is -4.95. The smallest absolute Gasteiger partial charge is 0.407 e. The van der Waals surface area contributed by atoms with Crippen LogP contribution < -0.4 is 10.6 Å². The number of alkyl halides is 3. The van der Waals surface area contributed by atoms with Gasteiger partial charge < -0.3 is 20.5 Å². The molecule has 1 fully saturated rings. The minimum absolute atomic E-state index is 0.0894. The maximum Gasteiger partial charge on any atom is 0.407 e. The molecule has 7 nitrogen and oxygen atoms in total. The second kappa shape index (κ2) is 9.36. The van der Waals surface area contributed by atoms with Crippen molar-refractivity contribution in [1.82, 2.24) is 10.6 Å². The van der Waals surface area contributed by atoms with Crippen molar-refractivity contribution in [3.63, 3.8) is 0 Å². The van der Waals surface area contributed by atoms with Gasteiger partial charge in [-0.1, -0.05) is 48.5 Å². The van der Waals surface area contributed by atoms with Crippen LogP contribution in [0.1, 0.15) is 23.5 Å². The van der Waals surface area contributed by atoms with E-state index < -0.39 is 42.5 Å². The second-order valence-electron chi connectivity index (χ2n) is 8.49. The van der Waals surface area contributed by atoms with Crippen LogP contribution in [0.2, 0.25) is 0 Å². The zero-order chi connectivity index (χ0) is 24.5. The van der Waals surface area contributed by atoms with Crippen LogP contribution in [0.5, 0.6) is 0 Å². The quantitative estimate of drug-likeness (QED) is 0.541. The van der Waals surface area contributed by atoms with Gasteiger partial charge in [-0.15, -0.1) is 0 Å². The second-order valence-corrected chi connectivity index (χ2v) is 8.49. The largest absolute Gasteiger partial charge is 0.481 e. The molecule has 10 heteroatoms. The van der Waals surface area contributed by atoms with Crippen molar-refractivity contribution in [3.8, 4) is 11.1 Å². The van der Waals surface area contributed by atoms with Gasteiger partial charge in [-0.3, -0.25) is 9.59 Å². The van der Waals surface area contributed by atoms with Crippen molar-refractivity contribution >= 4 is 18.0 Å². The van der Waals surface area contributed by atoms with Gasteiger partial charge in [0.05, 0.1) is 0 Å². The maximum absolute atomic E-state index is 12.7. The Hall–Kier alpha value is -3.56. The number of carbonyl (C=O) groups excluding carboxylic acids is 2. The summed E-state index contributed by atoms with van der Waals surface area (Å²) in [6, 6.07) is 15.8. The van der Waals surface area contributed by atoms with Gasteiger partial charge in [-0.05, 0) is 34.6 Å².